The normalized spacial score (nSPS) is 11.9. The van der Waals surface area contributed by atoms with Crippen molar-refractivity contribution in [2.24, 2.45) is 0 Å². The number of carbonyl (C=O) groups excluding carboxylic acids is 1. The second kappa shape index (κ2) is 7.79. The summed E-state index contributed by atoms with van der Waals surface area (Å²) in [5.41, 5.74) is 1.51. The van der Waals surface area contributed by atoms with Gasteiger partial charge in [-0.25, -0.2) is 8.42 Å². The number of aromatic nitrogens is 2. The van der Waals surface area contributed by atoms with Gasteiger partial charge in [-0.05, 0) is 40.2 Å². The van der Waals surface area contributed by atoms with Gasteiger partial charge in [-0.2, -0.15) is 9.40 Å². The van der Waals surface area contributed by atoms with Crippen LogP contribution in [-0.4, -0.2) is 41.9 Å². The highest BCUT2D eigenvalue weighted by Crippen LogP contribution is 2.26. The van der Waals surface area contributed by atoms with Crippen LogP contribution in [0.4, 0.5) is 5.69 Å². The molecule has 1 aromatic heterocycles. The number of nitrogens with zero attached hydrogens (tertiary/aromatic N) is 2. The zero-order valence-corrected chi connectivity index (χ0v) is 17.3. The van der Waals surface area contributed by atoms with E-state index < -0.39 is 15.9 Å². The number of fused-ring (bicyclic) bond motifs is 1. The maximum Gasteiger partial charge on any atom is 0.256 e. The molecule has 0 saturated heterocycles. The number of amides is 1. The van der Waals surface area contributed by atoms with Crippen molar-refractivity contribution in [2.75, 3.05) is 18.4 Å². The van der Waals surface area contributed by atoms with Crippen molar-refractivity contribution in [3.05, 3.63) is 52.6 Å². The highest BCUT2D eigenvalue weighted by Gasteiger charge is 2.24. The molecule has 0 aliphatic carbocycles. The number of halogens is 1. The van der Waals surface area contributed by atoms with Gasteiger partial charge in [0.25, 0.3) is 5.91 Å². The second-order valence-electron chi connectivity index (χ2n) is 5.82. The minimum absolute atomic E-state index is 0.0827. The first kappa shape index (κ1) is 19.5. The van der Waals surface area contributed by atoms with E-state index in [1.807, 2.05) is 12.1 Å². The van der Waals surface area contributed by atoms with Crippen LogP contribution in [0.5, 0.6) is 0 Å². The molecule has 0 saturated carbocycles. The topological polar surface area (TPSA) is 95.2 Å². The standard InChI is InChI=1S/C18H19BrN4O3S/c1-3-23(4-2)27(25,26)13-8-9-15(19)14(10-13)18(24)21-16-7-5-6-12-11-20-22-17(12)16/h5-11H,3-4H2,1-2H3,(H,20,22)(H,21,24). The number of H-pyrrole nitrogens is 1. The Bertz CT molecular complexity index is 1090. The zero-order valence-electron chi connectivity index (χ0n) is 14.9. The minimum atomic E-state index is -3.66. The number of nitrogens with one attached hydrogen (secondary N) is 2. The Morgan fingerprint density at radius 1 is 1.22 bits per heavy atom. The van der Waals surface area contributed by atoms with Gasteiger partial charge in [0.15, 0.2) is 0 Å². The third-order valence-corrected chi connectivity index (χ3v) is 6.99. The molecule has 27 heavy (non-hydrogen) atoms. The van der Waals surface area contributed by atoms with E-state index >= 15 is 0 Å². The third kappa shape index (κ3) is 3.76. The van der Waals surface area contributed by atoms with Crippen molar-refractivity contribution in [1.29, 1.82) is 0 Å². The first-order chi connectivity index (χ1) is 12.9. The predicted molar refractivity (Wildman–Crippen MR) is 108 cm³/mol. The Balaban J connectivity index is 1.97. The van der Waals surface area contributed by atoms with Crippen molar-refractivity contribution < 1.29 is 13.2 Å². The molecule has 0 aliphatic heterocycles. The van der Waals surface area contributed by atoms with Crippen LogP contribution in [0.25, 0.3) is 10.9 Å². The molecular formula is C18H19BrN4O3S. The number of hydrogen-bond donors (Lipinski definition) is 2. The average molecular weight is 451 g/mol. The van der Waals surface area contributed by atoms with Crippen molar-refractivity contribution in [3.8, 4) is 0 Å². The number of hydrogen-bond acceptors (Lipinski definition) is 4. The number of aromatic amines is 1. The summed E-state index contributed by atoms with van der Waals surface area (Å²) in [5, 5.41) is 10.5. The molecule has 0 radical (unpaired) electrons. The molecule has 0 fully saturated rings. The summed E-state index contributed by atoms with van der Waals surface area (Å²) in [6.07, 6.45) is 1.66. The fourth-order valence-electron chi connectivity index (χ4n) is 2.81. The fraction of sp³-hybridized carbons (Fsp3) is 0.222. The molecule has 0 aliphatic rings. The van der Waals surface area contributed by atoms with Crippen molar-refractivity contribution >= 4 is 48.5 Å². The van der Waals surface area contributed by atoms with E-state index in [1.165, 1.54) is 16.4 Å². The Morgan fingerprint density at radius 3 is 2.67 bits per heavy atom. The first-order valence-electron chi connectivity index (χ1n) is 8.41. The molecule has 0 unspecified atom stereocenters. The predicted octanol–water partition coefficient (Wildman–Crippen LogP) is 3.61. The average Bonchev–Trinajstić information content (AvgIpc) is 3.12. The zero-order chi connectivity index (χ0) is 19.6. The van der Waals surface area contributed by atoms with Gasteiger partial charge >= 0.3 is 0 Å². The van der Waals surface area contributed by atoms with Crippen molar-refractivity contribution in [2.45, 2.75) is 18.7 Å². The molecule has 1 amide bonds. The third-order valence-electron chi connectivity index (χ3n) is 4.25. The van der Waals surface area contributed by atoms with Crippen LogP contribution in [-0.2, 0) is 10.0 Å². The maximum atomic E-state index is 12.8. The lowest BCUT2D eigenvalue weighted by Gasteiger charge is -2.19. The second-order valence-corrected chi connectivity index (χ2v) is 8.62. The Kier molecular flexibility index (Phi) is 5.64. The van der Waals surface area contributed by atoms with Gasteiger partial charge in [0.05, 0.1) is 27.9 Å². The lowest BCUT2D eigenvalue weighted by Crippen LogP contribution is -2.30. The lowest BCUT2D eigenvalue weighted by molar-refractivity contribution is 0.102. The number of rotatable bonds is 6. The molecule has 7 nitrogen and oxygen atoms in total. The monoisotopic (exact) mass is 450 g/mol. The highest BCUT2D eigenvalue weighted by atomic mass is 79.9. The molecule has 0 spiro atoms. The maximum absolute atomic E-state index is 12.8. The van der Waals surface area contributed by atoms with E-state index in [4.69, 9.17) is 0 Å². The Labute approximate surface area is 165 Å². The van der Waals surface area contributed by atoms with Crippen molar-refractivity contribution in [3.63, 3.8) is 0 Å². The molecule has 0 atom stereocenters. The van der Waals surface area contributed by atoms with E-state index in [0.717, 1.165) is 5.39 Å². The molecule has 142 valence electrons. The van der Waals surface area contributed by atoms with Crippen LogP contribution >= 0.6 is 15.9 Å². The van der Waals surface area contributed by atoms with Gasteiger partial charge in [0, 0.05) is 22.9 Å². The van der Waals surface area contributed by atoms with Crippen LogP contribution in [0.2, 0.25) is 0 Å². The number of para-hydroxylation sites is 1. The number of sulfonamides is 1. The largest absolute Gasteiger partial charge is 0.320 e. The first-order valence-corrected chi connectivity index (χ1v) is 10.6. The van der Waals surface area contributed by atoms with Crippen LogP contribution in [0.15, 0.2) is 52.0 Å². The molecule has 3 rings (SSSR count). The van der Waals surface area contributed by atoms with Crippen LogP contribution in [0.1, 0.15) is 24.2 Å². The van der Waals surface area contributed by atoms with Gasteiger partial charge in [-0.3, -0.25) is 9.89 Å². The molecule has 3 aromatic rings. The van der Waals surface area contributed by atoms with Crippen LogP contribution in [0, 0.1) is 0 Å². The van der Waals surface area contributed by atoms with Crippen LogP contribution < -0.4 is 5.32 Å². The summed E-state index contributed by atoms with van der Waals surface area (Å²) in [5.74, 6) is -0.416. The lowest BCUT2D eigenvalue weighted by atomic mass is 10.2. The van der Waals surface area contributed by atoms with E-state index in [9.17, 15) is 13.2 Å². The quantitative estimate of drug-likeness (QED) is 0.599. The summed E-state index contributed by atoms with van der Waals surface area (Å²) >= 11 is 3.34. The van der Waals surface area contributed by atoms with E-state index in [2.05, 4.69) is 31.4 Å². The molecule has 9 heteroatoms. The van der Waals surface area contributed by atoms with Gasteiger partial charge in [-0.1, -0.05) is 26.0 Å². The smallest absolute Gasteiger partial charge is 0.256 e. The summed E-state index contributed by atoms with van der Waals surface area (Å²) in [7, 11) is -3.66. The van der Waals surface area contributed by atoms with E-state index in [-0.39, 0.29) is 10.5 Å². The molecule has 0 bridgehead atoms. The number of benzene rings is 2. The molecule has 2 aromatic carbocycles. The summed E-state index contributed by atoms with van der Waals surface area (Å²) in [6, 6.07) is 9.89. The number of anilines is 1. The Morgan fingerprint density at radius 2 is 1.96 bits per heavy atom. The van der Waals surface area contributed by atoms with Crippen molar-refractivity contribution in [1.82, 2.24) is 14.5 Å². The molecule has 2 N–H and O–H groups in total. The molecular weight excluding hydrogens is 432 g/mol. The fourth-order valence-corrected chi connectivity index (χ4v) is 4.73. The summed E-state index contributed by atoms with van der Waals surface area (Å²) in [6.45, 7) is 4.27. The highest BCUT2D eigenvalue weighted by molar-refractivity contribution is 9.10. The Hall–Kier alpha value is -2.23. The van der Waals surface area contributed by atoms with E-state index in [1.54, 1.807) is 32.2 Å². The van der Waals surface area contributed by atoms with E-state index in [0.29, 0.717) is 28.8 Å². The number of carbonyl (C=O) groups is 1. The minimum Gasteiger partial charge on any atom is -0.320 e. The molecule has 1 heterocycles. The summed E-state index contributed by atoms with van der Waals surface area (Å²) in [4.78, 5) is 12.9. The summed E-state index contributed by atoms with van der Waals surface area (Å²) < 4.78 is 27.3. The van der Waals surface area contributed by atoms with Gasteiger partial charge < -0.3 is 5.32 Å². The van der Waals surface area contributed by atoms with Gasteiger partial charge in [0.1, 0.15) is 0 Å². The van der Waals surface area contributed by atoms with Gasteiger partial charge in [0.2, 0.25) is 10.0 Å². The SMILES string of the molecule is CCN(CC)S(=O)(=O)c1ccc(Br)c(C(=O)Nc2cccc3cn[nH]c23)c1. The van der Waals surface area contributed by atoms with Gasteiger partial charge in [-0.15, -0.1) is 0 Å². The van der Waals surface area contributed by atoms with Crippen LogP contribution in [0.3, 0.4) is 0 Å².